The van der Waals surface area contributed by atoms with E-state index in [1.165, 1.54) is 0 Å². The third-order valence-electron chi connectivity index (χ3n) is 2.48. The quantitative estimate of drug-likeness (QED) is 0.884. The molecule has 0 aromatic carbocycles. The summed E-state index contributed by atoms with van der Waals surface area (Å²) in [4.78, 5) is 8.66. The van der Waals surface area contributed by atoms with E-state index in [-0.39, 0.29) is 0 Å². The van der Waals surface area contributed by atoms with Crippen molar-refractivity contribution >= 4 is 21.7 Å². The Labute approximate surface area is 120 Å². The van der Waals surface area contributed by atoms with Crippen LogP contribution in [0.3, 0.4) is 0 Å². The molecule has 5 nitrogen and oxygen atoms in total. The molecule has 2 aromatic rings. The number of aromatic nitrogens is 2. The molecule has 19 heavy (non-hydrogen) atoms. The first kappa shape index (κ1) is 14.0. The lowest BCUT2D eigenvalue weighted by Crippen LogP contribution is -2.09. The summed E-state index contributed by atoms with van der Waals surface area (Å²) < 4.78 is 11.2. The predicted octanol–water partition coefficient (Wildman–Crippen LogP) is 2.94. The third-order valence-corrected chi connectivity index (χ3v) is 2.91. The van der Waals surface area contributed by atoms with Gasteiger partial charge in [0.15, 0.2) is 10.5 Å². The van der Waals surface area contributed by atoms with Gasteiger partial charge in [-0.05, 0) is 35.0 Å². The Hall–Kier alpha value is -1.40. The zero-order chi connectivity index (χ0) is 13.7. The number of aryl methyl sites for hydroxylation is 1. The Balaban J connectivity index is 1.91. The van der Waals surface area contributed by atoms with Crippen molar-refractivity contribution in [1.82, 2.24) is 9.97 Å². The molecule has 0 saturated carbocycles. The van der Waals surface area contributed by atoms with Crippen LogP contribution in [0.4, 0.5) is 5.82 Å². The molecule has 0 amide bonds. The van der Waals surface area contributed by atoms with Crippen LogP contribution >= 0.6 is 15.9 Å². The number of rotatable bonds is 6. The molecule has 0 fully saturated rings. The maximum absolute atomic E-state index is 5.43. The Morgan fingerprint density at radius 3 is 2.89 bits per heavy atom. The molecule has 1 N–H and O–H groups in total. The van der Waals surface area contributed by atoms with Gasteiger partial charge in [0.1, 0.15) is 18.2 Å². The minimum atomic E-state index is 0.418. The van der Waals surface area contributed by atoms with Gasteiger partial charge in [0, 0.05) is 31.8 Å². The van der Waals surface area contributed by atoms with Crippen LogP contribution in [0.25, 0.3) is 0 Å². The van der Waals surface area contributed by atoms with Crippen LogP contribution in [0.1, 0.15) is 17.3 Å². The summed E-state index contributed by atoms with van der Waals surface area (Å²) in [5.74, 6) is 2.43. The number of ether oxygens (including phenoxy) is 1. The number of hydrogen-bond acceptors (Lipinski definition) is 5. The SMILES string of the molecule is COCc1nc(C)cc(NCCc2ccc(Br)o2)n1. The van der Waals surface area contributed by atoms with E-state index in [1.54, 1.807) is 7.11 Å². The molecule has 6 heteroatoms. The molecule has 0 aliphatic heterocycles. The zero-order valence-electron chi connectivity index (χ0n) is 10.9. The van der Waals surface area contributed by atoms with Crippen molar-refractivity contribution in [2.45, 2.75) is 20.0 Å². The highest BCUT2D eigenvalue weighted by Crippen LogP contribution is 2.14. The van der Waals surface area contributed by atoms with Crippen molar-refractivity contribution in [2.24, 2.45) is 0 Å². The van der Waals surface area contributed by atoms with E-state index in [9.17, 15) is 0 Å². The molecule has 2 heterocycles. The van der Waals surface area contributed by atoms with Crippen LogP contribution in [0.15, 0.2) is 27.3 Å². The fourth-order valence-corrected chi connectivity index (χ4v) is 2.05. The van der Waals surface area contributed by atoms with Crippen molar-refractivity contribution < 1.29 is 9.15 Å². The predicted molar refractivity (Wildman–Crippen MR) is 76.1 cm³/mol. The van der Waals surface area contributed by atoms with Gasteiger partial charge in [-0.1, -0.05) is 0 Å². The first-order valence-corrected chi connectivity index (χ1v) is 6.78. The molecule has 0 saturated heterocycles. The molecular weight excluding hydrogens is 310 g/mol. The van der Waals surface area contributed by atoms with Crippen LogP contribution in [-0.2, 0) is 17.8 Å². The lowest BCUT2D eigenvalue weighted by atomic mass is 10.3. The van der Waals surface area contributed by atoms with Crippen LogP contribution in [0.2, 0.25) is 0 Å². The van der Waals surface area contributed by atoms with E-state index < -0.39 is 0 Å². The lowest BCUT2D eigenvalue weighted by molar-refractivity contribution is 0.177. The van der Waals surface area contributed by atoms with Crippen LogP contribution in [0, 0.1) is 6.92 Å². The van der Waals surface area contributed by atoms with E-state index >= 15 is 0 Å². The summed E-state index contributed by atoms with van der Waals surface area (Å²) in [6.45, 7) is 3.11. The summed E-state index contributed by atoms with van der Waals surface area (Å²) in [7, 11) is 1.63. The van der Waals surface area contributed by atoms with Gasteiger partial charge in [-0.2, -0.15) is 0 Å². The van der Waals surface area contributed by atoms with Crippen molar-refractivity contribution in [3.63, 3.8) is 0 Å². The second-order valence-electron chi connectivity index (χ2n) is 4.13. The van der Waals surface area contributed by atoms with Gasteiger partial charge in [0.2, 0.25) is 0 Å². The van der Waals surface area contributed by atoms with Crippen molar-refractivity contribution in [3.8, 4) is 0 Å². The van der Waals surface area contributed by atoms with E-state index in [0.29, 0.717) is 12.4 Å². The molecule has 102 valence electrons. The van der Waals surface area contributed by atoms with Crippen LogP contribution in [-0.4, -0.2) is 23.6 Å². The highest BCUT2D eigenvalue weighted by atomic mass is 79.9. The van der Waals surface area contributed by atoms with Crippen molar-refractivity contribution in [3.05, 3.63) is 40.1 Å². The molecule has 0 aliphatic rings. The van der Waals surface area contributed by atoms with Gasteiger partial charge in [-0.25, -0.2) is 9.97 Å². The highest BCUT2D eigenvalue weighted by molar-refractivity contribution is 9.10. The summed E-state index contributed by atoms with van der Waals surface area (Å²) in [5.41, 5.74) is 0.922. The van der Waals surface area contributed by atoms with Crippen molar-refractivity contribution in [2.75, 3.05) is 19.0 Å². The fraction of sp³-hybridized carbons (Fsp3) is 0.385. The Morgan fingerprint density at radius 2 is 2.21 bits per heavy atom. The number of anilines is 1. The maximum atomic E-state index is 5.43. The van der Waals surface area contributed by atoms with Gasteiger partial charge in [-0.15, -0.1) is 0 Å². The minimum absolute atomic E-state index is 0.418. The average molecular weight is 326 g/mol. The van der Waals surface area contributed by atoms with Gasteiger partial charge < -0.3 is 14.5 Å². The number of hydrogen-bond donors (Lipinski definition) is 1. The zero-order valence-corrected chi connectivity index (χ0v) is 12.5. The molecule has 0 aliphatic carbocycles. The second kappa shape index (κ2) is 6.68. The van der Waals surface area contributed by atoms with E-state index in [2.05, 4.69) is 31.2 Å². The van der Waals surface area contributed by atoms with E-state index in [1.807, 2.05) is 25.1 Å². The summed E-state index contributed by atoms with van der Waals surface area (Å²) in [6, 6.07) is 5.76. The number of methoxy groups -OCH3 is 1. The topological polar surface area (TPSA) is 60.2 Å². The average Bonchev–Trinajstić information content (AvgIpc) is 2.75. The molecule has 2 aromatic heterocycles. The van der Waals surface area contributed by atoms with E-state index in [4.69, 9.17) is 9.15 Å². The normalized spacial score (nSPS) is 10.7. The van der Waals surface area contributed by atoms with Gasteiger partial charge in [0.05, 0.1) is 0 Å². The van der Waals surface area contributed by atoms with E-state index in [0.717, 1.165) is 34.9 Å². The second-order valence-corrected chi connectivity index (χ2v) is 4.91. The van der Waals surface area contributed by atoms with Gasteiger partial charge in [-0.3, -0.25) is 0 Å². The molecule has 0 atom stereocenters. The summed E-state index contributed by atoms with van der Waals surface area (Å²) in [5, 5.41) is 3.26. The number of nitrogens with zero attached hydrogens (tertiary/aromatic N) is 2. The standard InChI is InChI=1S/C13H16BrN3O2/c1-9-7-12(17-13(16-9)8-18-2)15-6-5-10-3-4-11(14)19-10/h3-4,7H,5-6,8H2,1-2H3,(H,15,16,17). The minimum Gasteiger partial charge on any atom is -0.454 e. The summed E-state index contributed by atoms with van der Waals surface area (Å²) in [6.07, 6.45) is 0.800. The summed E-state index contributed by atoms with van der Waals surface area (Å²) >= 11 is 3.28. The Bertz CT molecular complexity index is 542. The first-order valence-electron chi connectivity index (χ1n) is 5.99. The maximum Gasteiger partial charge on any atom is 0.169 e. The smallest absolute Gasteiger partial charge is 0.169 e. The molecule has 0 radical (unpaired) electrons. The number of nitrogens with one attached hydrogen (secondary N) is 1. The third kappa shape index (κ3) is 4.33. The van der Waals surface area contributed by atoms with Gasteiger partial charge in [0.25, 0.3) is 0 Å². The number of halogens is 1. The van der Waals surface area contributed by atoms with Crippen molar-refractivity contribution in [1.29, 1.82) is 0 Å². The highest BCUT2D eigenvalue weighted by Gasteiger charge is 2.03. The molecule has 0 spiro atoms. The monoisotopic (exact) mass is 325 g/mol. The molecular formula is C13H16BrN3O2. The molecule has 0 unspecified atom stereocenters. The van der Waals surface area contributed by atoms with Crippen LogP contribution in [0.5, 0.6) is 0 Å². The number of furan rings is 1. The first-order chi connectivity index (χ1) is 9.17. The van der Waals surface area contributed by atoms with Gasteiger partial charge >= 0.3 is 0 Å². The molecule has 0 bridgehead atoms. The molecule has 2 rings (SSSR count). The Kier molecular flexibility index (Phi) is 4.93. The Morgan fingerprint density at radius 1 is 1.37 bits per heavy atom. The lowest BCUT2D eigenvalue weighted by Gasteiger charge is -2.07. The van der Waals surface area contributed by atoms with Crippen LogP contribution < -0.4 is 5.32 Å². The fourth-order valence-electron chi connectivity index (χ4n) is 1.71. The largest absolute Gasteiger partial charge is 0.454 e.